The summed E-state index contributed by atoms with van der Waals surface area (Å²) in [6.45, 7) is 2.46. The molecule has 0 bridgehead atoms. The quantitative estimate of drug-likeness (QED) is 0.692. The molecule has 2 aliphatic heterocycles. The number of aryl methyl sites for hydroxylation is 1. The van der Waals surface area contributed by atoms with Crippen LogP contribution >= 0.6 is 0 Å². The van der Waals surface area contributed by atoms with Crippen LogP contribution in [-0.2, 0) is 4.79 Å². The zero-order valence-electron chi connectivity index (χ0n) is 10.9. The lowest BCUT2D eigenvalue weighted by molar-refractivity contribution is -0.125. The largest absolute Gasteiger partial charge is 0.438 e. The summed E-state index contributed by atoms with van der Waals surface area (Å²) >= 11 is 0. The van der Waals surface area contributed by atoms with Gasteiger partial charge in [-0.1, -0.05) is 0 Å². The van der Waals surface area contributed by atoms with Crippen molar-refractivity contribution < 1.29 is 18.8 Å². The summed E-state index contributed by atoms with van der Waals surface area (Å²) in [6.07, 6.45) is 2.02. The number of nitrogens with one attached hydrogen (secondary N) is 2. The van der Waals surface area contributed by atoms with Gasteiger partial charge in [0, 0.05) is 13.1 Å². The molecule has 1 spiro atoms. The molecule has 0 saturated carbocycles. The summed E-state index contributed by atoms with van der Waals surface area (Å²) in [7, 11) is 0. The molecule has 2 saturated heterocycles. The Morgan fingerprint density at radius 2 is 2.10 bits per heavy atom. The number of imide groups is 1. The van der Waals surface area contributed by atoms with Gasteiger partial charge in [0.2, 0.25) is 5.76 Å². The Morgan fingerprint density at radius 1 is 1.40 bits per heavy atom. The number of aromatic nitrogens is 1. The molecule has 3 heterocycles. The van der Waals surface area contributed by atoms with Gasteiger partial charge in [0.05, 0.1) is 5.69 Å². The second-order valence-corrected chi connectivity index (χ2v) is 5.05. The summed E-state index contributed by atoms with van der Waals surface area (Å²) in [4.78, 5) is 40.8. The van der Waals surface area contributed by atoms with Gasteiger partial charge in [-0.3, -0.25) is 14.9 Å². The Hall–Kier alpha value is -2.38. The van der Waals surface area contributed by atoms with Gasteiger partial charge in [-0.2, -0.15) is 0 Å². The van der Waals surface area contributed by atoms with E-state index in [0.717, 1.165) is 0 Å². The number of urea groups is 1. The highest BCUT2D eigenvalue weighted by molar-refractivity contribution is 6.07. The molecule has 8 nitrogen and oxygen atoms in total. The van der Waals surface area contributed by atoms with Crippen molar-refractivity contribution >= 4 is 17.8 Å². The molecule has 0 aromatic carbocycles. The van der Waals surface area contributed by atoms with E-state index in [-0.39, 0.29) is 17.6 Å². The number of amides is 4. The van der Waals surface area contributed by atoms with Crippen LogP contribution in [0.5, 0.6) is 0 Å². The minimum absolute atomic E-state index is 0.223. The van der Waals surface area contributed by atoms with Gasteiger partial charge in [-0.15, -0.1) is 0 Å². The Balaban J connectivity index is 1.70. The van der Waals surface area contributed by atoms with Gasteiger partial charge >= 0.3 is 6.03 Å². The average Bonchev–Trinajstić information content (AvgIpc) is 2.95. The third kappa shape index (κ3) is 1.84. The fraction of sp³-hybridized carbons (Fsp3) is 0.500. The van der Waals surface area contributed by atoms with E-state index < -0.39 is 11.6 Å². The van der Waals surface area contributed by atoms with E-state index in [0.29, 0.717) is 31.6 Å². The Morgan fingerprint density at radius 3 is 2.60 bits per heavy atom. The summed E-state index contributed by atoms with van der Waals surface area (Å²) in [6, 6.07) is -0.471. The second-order valence-electron chi connectivity index (χ2n) is 5.05. The van der Waals surface area contributed by atoms with Gasteiger partial charge in [0.15, 0.2) is 6.39 Å². The standard InChI is InChI=1S/C12H14N4O4/c1-7-8(20-6-13-7)9(17)16-4-2-12(3-5-16)10(18)14-11(19)15-12/h6H,2-5H2,1H3,(H2,14,15,18,19). The maximum atomic E-state index is 12.2. The Kier molecular flexibility index (Phi) is 2.73. The lowest BCUT2D eigenvalue weighted by Crippen LogP contribution is -2.55. The fourth-order valence-electron chi connectivity index (χ4n) is 2.62. The first-order valence-electron chi connectivity index (χ1n) is 6.35. The molecule has 1 aromatic heterocycles. The SMILES string of the molecule is Cc1ncoc1C(=O)N1CCC2(CC1)NC(=O)NC2=O. The molecule has 106 valence electrons. The van der Waals surface area contributed by atoms with Crippen molar-refractivity contribution in [1.82, 2.24) is 20.5 Å². The van der Waals surface area contributed by atoms with E-state index in [9.17, 15) is 14.4 Å². The molecule has 0 atom stereocenters. The molecule has 20 heavy (non-hydrogen) atoms. The number of rotatable bonds is 1. The normalized spacial score (nSPS) is 20.9. The summed E-state index contributed by atoms with van der Waals surface area (Å²) < 4.78 is 5.08. The zero-order valence-corrected chi connectivity index (χ0v) is 10.9. The Bertz CT molecular complexity index is 586. The van der Waals surface area contributed by atoms with Crippen LogP contribution in [0.15, 0.2) is 10.8 Å². The Labute approximate surface area is 114 Å². The third-order valence-electron chi connectivity index (χ3n) is 3.86. The lowest BCUT2D eigenvalue weighted by Gasteiger charge is -2.36. The molecule has 0 radical (unpaired) electrons. The van der Waals surface area contributed by atoms with Gasteiger partial charge < -0.3 is 14.6 Å². The zero-order chi connectivity index (χ0) is 14.3. The third-order valence-corrected chi connectivity index (χ3v) is 3.86. The van der Waals surface area contributed by atoms with Crippen molar-refractivity contribution in [1.29, 1.82) is 0 Å². The highest BCUT2D eigenvalue weighted by Gasteiger charge is 2.48. The highest BCUT2D eigenvalue weighted by atomic mass is 16.3. The van der Waals surface area contributed by atoms with E-state index in [2.05, 4.69) is 15.6 Å². The molecular formula is C12H14N4O4. The molecule has 0 unspecified atom stereocenters. The fourth-order valence-corrected chi connectivity index (χ4v) is 2.62. The minimum atomic E-state index is -0.871. The minimum Gasteiger partial charge on any atom is -0.438 e. The summed E-state index contributed by atoms with van der Waals surface area (Å²) in [5.74, 6) is -0.328. The molecule has 3 rings (SSSR count). The van der Waals surface area contributed by atoms with E-state index in [1.54, 1.807) is 11.8 Å². The van der Waals surface area contributed by atoms with Crippen molar-refractivity contribution in [2.45, 2.75) is 25.3 Å². The van der Waals surface area contributed by atoms with Crippen LogP contribution in [0.3, 0.4) is 0 Å². The smallest absolute Gasteiger partial charge is 0.322 e. The van der Waals surface area contributed by atoms with Gasteiger partial charge in [0.25, 0.3) is 11.8 Å². The predicted molar refractivity (Wildman–Crippen MR) is 65.8 cm³/mol. The highest BCUT2D eigenvalue weighted by Crippen LogP contribution is 2.26. The lowest BCUT2D eigenvalue weighted by atomic mass is 9.87. The number of hydrogen-bond acceptors (Lipinski definition) is 5. The number of carbonyl (C=O) groups excluding carboxylic acids is 3. The maximum Gasteiger partial charge on any atom is 0.322 e. The molecule has 0 aliphatic carbocycles. The van der Waals surface area contributed by atoms with Crippen molar-refractivity contribution in [2.75, 3.05) is 13.1 Å². The van der Waals surface area contributed by atoms with Crippen LogP contribution in [0.2, 0.25) is 0 Å². The number of carbonyl (C=O) groups is 3. The molecule has 2 fully saturated rings. The molecule has 4 amide bonds. The van der Waals surface area contributed by atoms with Gasteiger partial charge in [0.1, 0.15) is 5.54 Å². The molecule has 8 heteroatoms. The van der Waals surface area contributed by atoms with E-state index in [4.69, 9.17) is 4.42 Å². The van der Waals surface area contributed by atoms with Crippen LogP contribution in [0, 0.1) is 6.92 Å². The van der Waals surface area contributed by atoms with E-state index in [1.165, 1.54) is 6.39 Å². The maximum absolute atomic E-state index is 12.2. The summed E-state index contributed by atoms with van der Waals surface area (Å²) in [5, 5.41) is 4.89. The monoisotopic (exact) mass is 278 g/mol. The molecule has 2 aliphatic rings. The van der Waals surface area contributed by atoms with Crippen LogP contribution in [0.25, 0.3) is 0 Å². The van der Waals surface area contributed by atoms with Gasteiger partial charge in [-0.05, 0) is 19.8 Å². The van der Waals surface area contributed by atoms with E-state index >= 15 is 0 Å². The molecular weight excluding hydrogens is 264 g/mol. The first-order chi connectivity index (χ1) is 9.52. The molecule has 1 aromatic rings. The predicted octanol–water partition coefficient (Wildman–Crippen LogP) is -0.203. The van der Waals surface area contributed by atoms with Crippen molar-refractivity contribution in [3.63, 3.8) is 0 Å². The van der Waals surface area contributed by atoms with Crippen LogP contribution in [0.1, 0.15) is 29.1 Å². The number of hydrogen-bond donors (Lipinski definition) is 2. The van der Waals surface area contributed by atoms with Crippen LogP contribution in [0.4, 0.5) is 4.79 Å². The number of nitrogens with zero attached hydrogens (tertiary/aromatic N) is 2. The topological polar surface area (TPSA) is 105 Å². The van der Waals surface area contributed by atoms with Crippen molar-refractivity contribution in [2.24, 2.45) is 0 Å². The number of oxazole rings is 1. The first-order valence-corrected chi connectivity index (χ1v) is 6.35. The average molecular weight is 278 g/mol. The van der Waals surface area contributed by atoms with Crippen molar-refractivity contribution in [3.8, 4) is 0 Å². The van der Waals surface area contributed by atoms with Gasteiger partial charge in [-0.25, -0.2) is 9.78 Å². The van der Waals surface area contributed by atoms with Crippen LogP contribution in [-0.4, -0.2) is 46.4 Å². The molecule has 2 N–H and O–H groups in total. The van der Waals surface area contributed by atoms with Crippen molar-refractivity contribution in [3.05, 3.63) is 17.8 Å². The number of likely N-dealkylation sites (tertiary alicyclic amines) is 1. The van der Waals surface area contributed by atoms with Crippen LogP contribution < -0.4 is 10.6 Å². The second kappa shape index (κ2) is 4.32. The number of piperidine rings is 1. The first kappa shape index (κ1) is 12.6. The summed E-state index contributed by atoms with van der Waals surface area (Å²) in [5.41, 5.74) is -0.327. The van der Waals surface area contributed by atoms with E-state index in [1.807, 2.05) is 0 Å².